The predicted octanol–water partition coefficient (Wildman–Crippen LogP) is 4.35. The molecule has 1 nitrogen and oxygen atoms in total. The minimum atomic E-state index is -0.705. The Hall–Kier alpha value is -0.600. The molecule has 1 aliphatic carbocycles. The van der Waals surface area contributed by atoms with E-state index in [0.29, 0.717) is 12.0 Å². The second-order valence-electron chi connectivity index (χ2n) is 5.47. The molecule has 18 heavy (non-hydrogen) atoms. The fourth-order valence-corrected chi connectivity index (χ4v) is 3.03. The number of hydrogen-bond donors (Lipinski definition) is 1. The maximum atomic E-state index is 13.4. The summed E-state index contributed by atoms with van der Waals surface area (Å²) < 4.78 is 13.4. The van der Waals surface area contributed by atoms with Crippen LogP contribution >= 0.6 is 11.6 Å². The van der Waals surface area contributed by atoms with E-state index in [2.05, 4.69) is 6.92 Å². The lowest BCUT2D eigenvalue weighted by molar-refractivity contribution is -0.00924. The van der Waals surface area contributed by atoms with Crippen LogP contribution in [-0.2, 0) is 6.42 Å². The molecule has 1 fully saturated rings. The van der Waals surface area contributed by atoms with Gasteiger partial charge in [-0.3, -0.25) is 0 Å². The zero-order valence-corrected chi connectivity index (χ0v) is 11.5. The van der Waals surface area contributed by atoms with Gasteiger partial charge >= 0.3 is 0 Å². The topological polar surface area (TPSA) is 20.2 Å². The summed E-state index contributed by atoms with van der Waals surface area (Å²) in [5.74, 6) is 0.327. The summed E-state index contributed by atoms with van der Waals surface area (Å²) in [4.78, 5) is 0. The van der Waals surface area contributed by atoms with Crippen molar-refractivity contribution in [1.82, 2.24) is 0 Å². The third-order valence-electron chi connectivity index (χ3n) is 4.16. The van der Waals surface area contributed by atoms with Crippen molar-refractivity contribution in [3.05, 3.63) is 34.6 Å². The van der Waals surface area contributed by atoms with Gasteiger partial charge in [-0.1, -0.05) is 37.1 Å². The van der Waals surface area contributed by atoms with Crippen LogP contribution in [0.25, 0.3) is 0 Å². The van der Waals surface area contributed by atoms with Gasteiger partial charge in [-0.15, -0.1) is 0 Å². The largest absolute Gasteiger partial charge is 0.390 e. The van der Waals surface area contributed by atoms with Gasteiger partial charge < -0.3 is 5.11 Å². The molecule has 0 spiro atoms. The van der Waals surface area contributed by atoms with E-state index in [9.17, 15) is 9.50 Å². The highest BCUT2D eigenvalue weighted by molar-refractivity contribution is 6.31. The van der Waals surface area contributed by atoms with E-state index in [-0.39, 0.29) is 5.02 Å². The maximum absolute atomic E-state index is 13.4. The van der Waals surface area contributed by atoms with Crippen LogP contribution in [0, 0.1) is 11.7 Å². The van der Waals surface area contributed by atoms with E-state index in [4.69, 9.17) is 11.6 Å². The van der Waals surface area contributed by atoms with Crippen molar-refractivity contribution < 1.29 is 9.50 Å². The fourth-order valence-electron chi connectivity index (χ4n) is 2.84. The van der Waals surface area contributed by atoms with Crippen LogP contribution in [0.4, 0.5) is 4.39 Å². The number of benzene rings is 1. The Labute approximate surface area is 113 Å². The average molecular weight is 271 g/mol. The Balaban J connectivity index is 2.07. The van der Waals surface area contributed by atoms with Crippen molar-refractivity contribution >= 4 is 11.6 Å². The highest BCUT2D eigenvalue weighted by Gasteiger charge is 2.33. The molecule has 100 valence electrons. The molecular formula is C15H20ClFO. The van der Waals surface area contributed by atoms with E-state index in [0.717, 1.165) is 31.6 Å². The van der Waals surface area contributed by atoms with Crippen LogP contribution < -0.4 is 0 Å². The monoisotopic (exact) mass is 270 g/mol. The molecule has 0 radical (unpaired) electrons. The highest BCUT2D eigenvalue weighted by Crippen LogP contribution is 2.37. The molecule has 0 aliphatic heterocycles. The van der Waals surface area contributed by atoms with Gasteiger partial charge in [0, 0.05) is 6.42 Å². The van der Waals surface area contributed by atoms with Crippen LogP contribution in [0.15, 0.2) is 18.2 Å². The first-order valence-electron chi connectivity index (χ1n) is 6.69. The quantitative estimate of drug-likeness (QED) is 0.866. The Bertz CT molecular complexity index is 411. The standard InChI is InChI=1S/C15H20ClFO/c1-2-11-6-8-15(18,9-7-11)10-12-4-3-5-13(17)14(12)16/h3-5,11,18H,2,6-10H2,1H3. The van der Waals surface area contributed by atoms with Gasteiger partial charge in [0.25, 0.3) is 0 Å². The predicted molar refractivity (Wildman–Crippen MR) is 72.3 cm³/mol. The van der Waals surface area contributed by atoms with Crippen LogP contribution in [0.1, 0.15) is 44.6 Å². The van der Waals surface area contributed by atoms with E-state index < -0.39 is 11.4 Å². The van der Waals surface area contributed by atoms with Gasteiger partial charge in [0.15, 0.2) is 0 Å². The minimum Gasteiger partial charge on any atom is -0.390 e. The molecular weight excluding hydrogens is 251 g/mol. The first-order valence-corrected chi connectivity index (χ1v) is 7.07. The molecule has 0 unspecified atom stereocenters. The Morgan fingerprint density at radius 3 is 2.67 bits per heavy atom. The van der Waals surface area contributed by atoms with Crippen LogP contribution in [0.2, 0.25) is 5.02 Å². The third kappa shape index (κ3) is 3.04. The smallest absolute Gasteiger partial charge is 0.142 e. The summed E-state index contributed by atoms with van der Waals surface area (Å²) in [7, 11) is 0. The molecule has 0 heterocycles. The number of aliphatic hydroxyl groups is 1. The Morgan fingerprint density at radius 2 is 2.06 bits per heavy atom. The summed E-state index contributed by atoms with van der Waals surface area (Å²) in [6.07, 6.45) is 5.33. The highest BCUT2D eigenvalue weighted by atomic mass is 35.5. The molecule has 2 rings (SSSR count). The molecule has 0 bridgehead atoms. The van der Waals surface area contributed by atoms with E-state index in [1.54, 1.807) is 12.1 Å². The zero-order valence-electron chi connectivity index (χ0n) is 10.8. The molecule has 1 aliphatic rings. The van der Waals surface area contributed by atoms with E-state index in [1.165, 1.54) is 12.5 Å². The first-order chi connectivity index (χ1) is 8.54. The summed E-state index contributed by atoms with van der Waals surface area (Å²) in [5, 5.41) is 10.7. The van der Waals surface area contributed by atoms with Crippen molar-refractivity contribution in [2.24, 2.45) is 5.92 Å². The van der Waals surface area contributed by atoms with E-state index >= 15 is 0 Å². The average Bonchev–Trinajstić information content (AvgIpc) is 2.36. The van der Waals surface area contributed by atoms with Crippen molar-refractivity contribution in [2.45, 2.75) is 51.0 Å². The normalized spacial score (nSPS) is 28.3. The van der Waals surface area contributed by atoms with Crippen molar-refractivity contribution in [3.8, 4) is 0 Å². The second-order valence-corrected chi connectivity index (χ2v) is 5.84. The molecule has 3 heteroatoms. The van der Waals surface area contributed by atoms with Gasteiger partial charge in [-0.2, -0.15) is 0 Å². The van der Waals surface area contributed by atoms with Gasteiger partial charge in [-0.05, 0) is 43.2 Å². The molecule has 0 saturated heterocycles. The molecule has 1 N–H and O–H groups in total. The van der Waals surface area contributed by atoms with Crippen LogP contribution in [-0.4, -0.2) is 10.7 Å². The third-order valence-corrected chi connectivity index (χ3v) is 4.59. The molecule has 1 aromatic rings. The maximum Gasteiger partial charge on any atom is 0.142 e. The van der Waals surface area contributed by atoms with Gasteiger partial charge in [0.1, 0.15) is 5.82 Å². The summed E-state index contributed by atoms with van der Waals surface area (Å²) >= 11 is 5.94. The minimum absolute atomic E-state index is 0.156. The van der Waals surface area contributed by atoms with Gasteiger partial charge in [0.2, 0.25) is 0 Å². The molecule has 1 aromatic carbocycles. The fraction of sp³-hybridized carbons (Fsp3) is 0.600. The number of halogens is 2. The Morgan fingerprint density at radius 1 is 1.39 bits per heavy atom. The SMILES string of the molecule is CCC1CCC(O)(Cc2cccc(F)c2Cl)CC1. The van der Waals surface area contributed by atoms with Gasteiger partial charge in [-0.25, -0.2) is 4.39 Å². The van der Waals surface area contributed by atoms with Crippen molar-refractivity contribution in [3.63, 3.8) is 0 Å². The lowest BCUT2D eigenvalue weighted by Crippen LogP contribution is -2.36. The van der Waals surface area contributed by atoms with Crippen LogP contribution in [0.3, 0.4) is 0 Å². The molecule has 0 amide bonds. The number of rotatable bonds is 3. The molecule has 0 atom stereocenters. The molecule has 1 saturated carbocycles. The summed E-state index contributed by atoms with van der Waals surface area (Å²) in [5.41, 5.74) is 0.0115. The summed E-state index contributed by atoms with van der Waals surface area (Å²) in [6.45, 7) is 2.19. The van der Waals surface area contributed by atoms with Crippen molar-refractivity contribution in [1.29, 1.82) is 0 Å². The molecule has 0 aromatic heterocycles. The summed E-state index contributed by atoms with van der Waals surface area (Å²) in [6, 6.07) is 4.80. The van der Waals surface area contributed by atoms with E-state index in [1.807, 2.05) is 0 Å². The Kier molecular flexibility index (Phi) is 4.29. The second kappa shape index (κ2) is 5.58. The van der Waals surface area contributed by atoms with Crippen molar-refractivity contribution in [2.75, 3.05) is 0 Å². The first kappa shape index (κ1) is 13.8. The lowest BCUT2D eigenvalue weighted by atomic mass is 9.75. The lowest BCUT2D eigenvalue weighted by Gasteiger charge is -2.36. The zero-order chi connectivity index (χ0) is 13.2. The van der Waals surface area contributed by atoms with Gasteiger partial charge in [0.05, 0.1) is 10.6 Å². The number of hydrogen-bond acceptors (Lipinski definition) is 1. The van der Waals surface area contributed by atoms with Crippen LogP contribution in [0.5, 0.6) is 0 Å².